The Hall–Kier alpha value is -0.470. The van der Waals surface area contributed by atoms with Gasteiger partial charge >= 0.3 is 0 Å². The summed E-state index contributed by atoms with van der Waals surface area (Å²) in [5, 5.41) is 3.16. The van der Waals surface area contributed by atoms with Gasteiger partial charge in [0, 0.05) is 17.2 Å². The fraction of sp³-hybridized carbons (Fsp3) is 0.538. The molecule has 1 aromatic rings. The number of thioether (sulfide) groups is 1. The van der Waals surface area contributed by atoms with E-state index in [2.05, 4.69) is 43.4 Å². The molecule has 1 N–H and O–H groups in total. The Bertz CT molecular complexity index is 268. The van der Waals surface area contributed by atoms with Gasteiger partial charge in [-0.3, -0.25) is 0 Å². The van der Waals surface area contributed by atoms with Crippen LogP contribution in [0.2, 0.25) is 0 Å². The van der Waals surface area contributed by atoms with Crippen molar-refractivity contribution in [3.63, 3.8) is 0 Å². The molecule has 1 rings (SSSR count). The van der Waals surface area contributed by atoms with E-state index in [-0.39, 0.29) is 0 Å². The first-order valence-corrected chi connectivity index (χ1v) is 6.61. The van der Waals surface area contributed by atoms with Crippen LogP contribution >= 0.6 is 11.8 Å². The van der Waals surface area contributed by atoms with Crippen molar-refractivity contribution >= 4 is 11.8 Å². The summed E-state index contributed by atoms with van der Waals surface area (Å²) >= 11 is 1.96. The first kappa shape index (κ1) is 12.6. The largest absolute Gasteiger partial charge is 0.316 e. The van der Waals surface area contributed by atoms with Crippen molar-refractivity contribution in [1.82, 2.24) is 5.32 Å². The molecule has 84 valence electrons. The molecule has 0 aromatic heterocycles. The maximum Gasteiger partial charge on any atom is 0.0202 e. The molecule has 0 saturated carbocycles. The quantitative estimate of drug-likeness (QED) is 0.740. The highest BCUT2D eigenvalue weighted by Crippen LogP contribution is 2.22. The van der Waals surface area contributed by atoms with Crippen LogP contribution in [0.4, 0.5) is 0 Å². The number of benzene rings is 1. The highest BCUT2D eigenvalue weighted by molar-refractivity contribution is 7.99. The Labute approximate surface area is 97.7 Å². The maximum atomic E-state index is 3.16. The molecule has 0 heterocycles. The number of hydrogen-bond donors (Lipinski definition) is 1. The van der Waals surface area contributed by atoms with Gasteiger partial charge in [0.1, 0.15) is 0 Å². The molecule has 0 aliphatic heterocycles. The van der Waals surface area contributed by atoms with Crippen molar-refractivity contribution in [3.05, 3.63) is 29.8 Å². The summed E-state index contributed by atoms with van der Waals surface area (Å²) in [6, 6.07) is 8.85. The Morgan fingerprint density at radius 2 is 1.93 bits per heavy atom. The third-order valence-corrected chi connectivity index (χ3v) is 3.88. The zero-order chi connectivity index (χ0) is 11.1. The summed E-state index contributed by atoms with van der Waals surface area (Å²) in [7, 11) is 1.98. The van der Waals surface area contributed by atoms with Crippen LogP contribution in [0, 0.1) is 5.92 Å². The first-order valence-electron chi connectivity index (χ1n) is 5.62. The van der Waals surface area contributed by atoms with E-state index in [0.717, 1.165) is 12.5 Å². The molecular weight excluding hydrogens is 202 g/mol. The van der Waals surface area contributed by atoms with Gasteiger partial charge < -0.3 is 5.32 Å². The van der Waals surface area contributed by atoms with Crippen molar-refractivity contribution < 1.29 is 0 Å². The molecule has 15 heavy (non-hydrogen) atoms. The third kappa shape index (κ3) is 4.72. The van der Waals surface area contributed by atoms with Crippen LogP contribution in [0.25, 0.3) is 0 Å². The molecule has 0 aliphatic rings. The van der Waals surface area contributed by atoms with Crippen molar-refractivity contribution in [1.29, 1.82) is 0 Å². The highest BCUT2D eigenvalue weighted by atomic mass is 32.2. The van der Waals surface area contributed by atoms with Crippen molar-refractivity contribution in [2.75, 3.05) is 12.8 Å². The number of nitrogens with one attached hydrogen (secondary N) is 1. The van der Waals surface area contributed by atoms with E-state index in [1.807, 2.05) is 18.8 Å². The lowest BCUT2D eigenvalue weighted by Crippen LogP contribution is -2.04. The van der Waals surface area contributed by atoms with Crippen LogP contribution in [0.15, 0.2) is 29.2 Å². The standard InChI is InChI=1S/C13H21NS/c1-4-11(2)10-15-13-7-5-12(6-8-13)9-14-3/h5-8,11,14H,4,9-10H2,1-3H3. The minimum atomic E-state index is 0.812. The molecule has 0 aliphatic carbocycles. The fourth-order valence-corrected chi connectivity index (χ4v) is 2.31. The van der Waals surface area contributed by atoms with Gasteiger partial charge in [0.05, 0.1) is 0 Å². The second kappa shape index (κ2) is 6.91. The average molecular weight is 223 g/mol. The Morgan fingerprint density at radius 1 is 1.27 bits per heavy atom. The molecular formula is C13H21NS. The smallest absolute Gasteiger partial charge is 0.0202 e. The average Bonchev–Trinajstić information content (AvgIpc) is 2.28. The topological polar surface area (TPSA) is 12.0 Å². The maximum absolute atomic E-state index is 3.16. The molecule has 0 radical (unpaired) electrons. The van der Waals surface area contributed by atoms with Gasteiger partial charge in [-0.2, -0.15) is 0 Å². The molecule has 1 nitrogen and oxygen atoms in total. The molecule has 1 aromatic carbocycles. The van der Waals surface area contributed by atoms with E-state index in [4.69, 9.17) is 0 Å². The van der Waals surface area contributed by atoms with Gasteiger partial charge in [-0.15, -0.1) is 11.8 Å². The Balaban J connectivity index is 2.42. The zero-order valence-electron chi connectivity index (χ0n) is 9.92. The normalized spacial score (nSPS) is 12.7. The van der Waals surface area contributed by atoms with Crippen LogP contribution in [0.3, 0.4) is 0 Å². The first-order chi connectivity index (χ1) is 7.26. The summed E-state index contributed by atoms with van der Waals surface area (Å²) in [4.78, 5) is 1.38. The predicted octanol–water partition coefficient (Wildman–Crippen LogP) is 3.54. The number of hydrogen-bond acceptors (Lipinski definition) is 2. The van der Waals surface area contributed by atoms with E-state index in [1.54, 1.807) is 0 Å². The molecule has 0 bridgehead atoms. The van der Waals surface area contributed by atoms with E-state index >= 15 is 0 Å². The minimum absolute atomic E-state index is 0.812. The van der Waals surface area contributed by atoms with Crippen LogP contribution in [-0.2, 0) is 6.54 Å². The zero-order valence-corrected chi connectivity index (χ0v) is 10.7. The second-order valence-corrected chi connectivity index (χ2v) is 5.09. The van der Waals surface area contributed by atoms with Crippen molar-refractivity contribution in [3.8, 4) is 0 Å². The van der Waals surface area contributed by atoms with Crippen molar-refractivity contribution in [2.45, 2.75) is 31.7 Å². The lowest BCUT2D eigenvalue weighted by Gasteiger charge is -2.08. The third-order valence-electron chi connectivity index (χ3n) is 2.54. The van der Waals surface area contributed by atoms with E-state index in [1.165, 1.54) is 22.6 Å². The van der Waals surface area contributed by atoms with Crippen LogP contribution < -0.4 is 5.32 Å². The highest BCUT2D eigenvalue weighted by Gasteiger charge is 2.00. The van der Waals surface area contributed by atoms with Gasteiger partial charge in [0.15, 0.2) is 0 Å². The van der Waals surface area contributed by atoms with Gasteiger partial charge in [-0.1, -0.05) is 32.4 Å². The van der Waals surface area contributed by atoms with E-state index in [0.29, 0.717) is 0 Å². The van der Waals surface area contributed by atoms with Gasteiger partial charge in [-0.25, -0.2) is 0 Å². The predicted molar refractivity (Wildman–Crippen MR) is 69.4 cm³/mol. The molecule has 1 unspecified atom stereocenters. The van der Waals surface area contributed by atoms with Crippen LogP contribution in [-0.4, -0.2) is 12.8 Å². The molecule has 1 atom stereocenters. The molecule has 0 spiro atoms. The van der Waals surface area contributed by atoms with E-state index in [9.17, 15) is 0 Å². The van der Waals surface area contributed by atoms with Gasteiger partial charge in [0.25, 0.3) is 0 Å². The molecule has 2 heteroatoms. The van der Waals surface area contributed by atoms with E-state index < -0.39 is 0 Å². The van der Waals surface area contributed by atoms with Crippen LogP contribution in [0.1, 0.15) is 25.8 Å². The lowest BCUT2D eigenvalue weighted by atomic mass is 10.2. The minimum Gasteiger partial charge on any atom is -0.316 e. The molecule has 0 fully saturated rings. The summed E-state index contributed by atoms with van der Waals surface area (Å²) in [6.45, 7) is 5.51. The fourth-order valence-electron chi connectivity index (χ4n) is 1.26. The van der Waals surface area contributed by atoms with Gasteiger partial charge in [-0.05, 0) is 30.7 Å². The molecule has 0 amide bonds. The SMILES string of the molecule is CCC(C)CSc1ccc(CNC)cc1. The molecule has 0 saturated heterocycles. The Kier molecular flexibility index (Phi) is 5.81. The monoisotopic (exact) mass is 223 g/mol. The Morgan fingerprint density at radius 3 is 2.47 bits per heavy atom. The summed E-state index contributed by atoms with van der Waals surface area (Å²) in [5.74, 6) is 2.04. The van der Waals surface area contributed by atoms with Gasteiger partial charge in [0.2, 0.25) is 0 Å². The summed E-state index contributed by atoms with van der Waals surface area (Å²) < 4.78 is 0. The summed E-state index contributed by atoms with van der Waals surface area (Å²) in [6.07, 6.45) is 1.27. The van der Waals surface area contributed by atoms with Crippen LogP contribution in [0.5, 0.6) is 0 Å². The second-order valence-electron chi connectivity index (χ2n) is 4.00. The van der Waals surface area contributed by atoms with Crippen molar-refractivity contribution in [2.24, 2.45) is 5.92 Å². The lowest BCUT2D eigenvalue weighted by molar-refractivity contribution is 0.637. The number of rotatable bonds is 6. The summed E-state index contributed by atoms with van der Waals surface area (Å²) in [5.41, 5.74) is 1.35.